The second-order valence-electron chi connectivity index (χ2n) is 6.09. The number of rotatable bonds is 6. The van der Waals surface area contributed by atoms with E-state index in [1.54, 1.807) is 12.1 Å². The van der Waals surface area contributed by atoms with Crippen molar-refractivity contribution in [1.29, 1.82) is 0 Å². The van der Waals surface area contributed by atoms with Crippen LogP contribution in [-0.2, 0) is 5.75 Å². The van der Waals surface area contributed by atoms with Crippen LogP contribution in [0.2, 0.25) is 0 Å². The lowest BCUT2D eigenvalue weighted by atomic mass is 10.1. The van der Waals surface area contributed by atoms with E-state index in [2.05, 4.69) is 63.7 Å². The Labute approximate surface area is 207 Å². The van der Waals surface area contributed by atoms with Crippen molar-refractivity contribution in [2.45, 2.75) is 5.75 Å². The number of hydrogen-bond donors (Lipinski definition) is 1. The Kier molecular flexibility index (Phi) is 8.22. The average Bonchev–Trinajstić information content (AvgIpc) is 2.70. The molecule has 148 valence electrons. The fourth-order valence-electron chi connectivity index (χ4n) is 2.48. The number of thioether (sulfide) groups is 1. The highest BCUT2D eigenvalue weighted by molar-refractivity contribution is 9.11. The normalized spacial score (nSPS) is 11.5. The maximum absolute atomic E-state index is 13.2. The predicted molar refractivity (Wildman–Crippen MR) is 135 cm³/mol. The molecule has 0 aromatic heterocycles. The fourth-order valence-corrected chi connectivity index (χ4v) is 5.21. The summed E-state index contributed by atoms with van der Waals surface area (Å²) >= 11 is 15.0. The highest BCUT2D eigenvalue weighted by atomic mass is 79.9. The van der Waals surface area contributed by atoms with Gasteiger partial charge in [-0.15, -0.1) is 11.8 Å². The lowest BCUT2D eigenvalue weighted by Gasteiger charge is -2.09. The molecule has 0 bridgehead atoms. The molecule has 0 aliphatic heterocycles. The van der Waals surface area contributed by atoms with Gasteiger partial charge in [0.25, 0.3) is 0 Å². The minimum atomic E-state index is -0.0417. The number of carbonyl (C=O) groups is 1. The van der Waals surface area contributed by atoms with Crippen molar-refractivity contribution >= 4 is 87.3 Å². The quantitative estimate of drug-likeness (QED) is 0.212. The van der Waals surface area contributed by atoms with Gasteiger partial charge in [0.2, 0.25) is 0 Å². The molecule has 2 nitrogen and oxygen atoms in total. The first kappa shape index (κ1) is 22.8. The van der Waals surface area contributed by atoms with Crippen LogP contribution in [-0.4, -0.2) is 10.9 Å². The number of hydrogen-bond acceptors (Lipinski definition) is 3. The second kappa shape index (κ2) is 10.4. The summed E-state index contributed by atoms with van der Waals surface area (Å²) in [5, 5.41) is 9.96. The molecule has 1 N–H and O–H groups in total. The number of benzene rings is 3. The van der Waals surface area contributed by atoms with Crippen molar-refractivity contribution in [3.05, 3.63) is 100 Å². The molecule has 0 spiro atoms. The number of carbonyl (C=O) groups excluding carboxylic acids is 1. The molecular weight excluding hydrogens is 648 g/mol. The Morgan fingerprint density at radius 3 is 1.93 bits per heavy atom. The highest BCUT2D eigenvalue weighted by Crippen LogP contribution is 2.35. The van der Waals surface area contributed by atoms with Crippen molar-refractivity contribution in [2.24, 2.45) is 0 Å². The summed E-state index contributed by atoms with van der Waals surface area (Å²) < 4.78 is 3.07. The third kappa shape index (κ3) is 6.31. The molecule has 0 aliphatic carbocycles. The molecule has 7 heteroatoms. The zero-order valence-corrected chi connectivity index (χ0v) is 22.0. The molecule has 3 rings (SSSR count). The number of Topliss-reactive ketones (excluding diaryl/α,β-unsaturated/α-hetero) is 1. The summed E-state index contributed by atoms with van der Waals surface area (Å²) in [7, 11) is 0. The Morgan fingerprint density at radius 2 is 1.38 bits per heavy atom. The zero-order chi connectivity index (χ0) is 21.0. The van der Waals surface area contributed by atoms with Crippen LogP contribution in [0, 0.1) is 0 Å². The van der Waals surface area contributed by atoms with Gasteiger partial charge >= 0.3 is 0 Å². The van der Waals surface area contributed by atoms with Crippen LogP contribution in [0.5, 0.6) is 5.75 Å². The summed E-state index contributed by atoms with van der Waals surface area (Å²) in [6.45, 7) is 0. The summed E-state index contributed by atoms with van der Waals surface area (Å²) in [5.41, 5.74) is 2.56. The molecule has 0 heterocycles. The van der Waals surface area contributed by atoms with Gasteiger partial charge in [0.05, 0.1) is 13.9 Å². The second-order valence-corrected chi connectivity index (χ2v) is 10.7. The predicted octanol–water partition coefficient (Wildman–Crippen LogP) is 8.60. The van der Waals surface area contributed by atoms with Crippen molar-refractivity contribution in [1.82, 2.24) is 0 Å². The van der Waals surface area contributed by atoms with Crippen molar-refractivity contribution < 1.29 is 9.90 Å². The molecule has 0 radical (unpaired) electrons. The monoisotopic (exact) mass is 658 g/mol. The van der Waals surface area contributed by atoms with E-state index >= 15 is 0 Å². The average molecular weight is 662 g/mol. The van der Waals surface area contributed by atoms with Crippen LogP contribution in [0.1, 0.15) is 21.5 Å². The summed E-state index contributed by atoms with van der Waals surface area (Å²) in [5.74, 6) is 0.757. The minimum Gasteiger partial charge on any atom is -0.506 e. The Morgan fingerprint density at radius 1 is 0.862 bits per heavy atom. The Bertz CT molecular complexity index is 1040. The van der Waals surface area contributed by atoms with Crippen LogP contribution in [0.3, 0.4) is 0 Å². The summed E-state index contributed by atoms with van der Waals surface area (Å²) in [4.78, 5) is 13.8. The molecule has 0 amide bonds. The fraction of sp³-hybridized carbons (Fsp3) is 0.0455. The SMILES string of the molecule is O=C(C(=Cc1cc(Br)c(O)c(Br)c1)SCc1ccc(Br)cc1)c1ccc(Br)cc1. The maximum Gasteiger partial charge on any atom is 0.199 e. The number of phenolic OH excluding ortho intramolecular Hbond substituents is 1. The topological polar surface area (TPSA) is 37.3 Å². The number of aromatic hydroxyl groups is 1. The van der Waals surface area contributed by atoms with Crippen LogP contribution < -0.4 is 0 Å². The summed E-state index contributed by atoms with van der Waals surface area (Å²) in [6, 6.07) is 19.0. The van der Waals surface area contributed by atoms with Gasteiger partial charge in [0, 0.05) is 20.3 Å². The smallest absolute Gasteiger partial charge is 0.199 e. The van der Waals surface area contributed by atoms with Gasteiger partial charge in [-0.25, -0.2) is 0 Å². The molecule has 29 heavy (non-hydrogen) atoms. The van der Waals surface area contributed by atoms with Crippen LogP contribution in [0.4, 0.5) is 0 Å². The Hall–Kier alpha value is -0.860. The number of halogens is 4. The Balaban J connectivity index is 1.94. The first-order chi connectivity index (χ1) is 13.8. The molecule has 0 saturated carbocycles. The molecular formula is C22H14Br4O2S. The largest absolute Gasteiger partial charge is 0.506 e. The van der Waals surface area contributed by atoms with Gasteiger partial charge in [-0.05, 0) is 97.6 Å². The van der Waals surface area contributed by atoms with E-state index < -0.39 is 0 Å². The third-order valence-electron chi connectivity index (χ3n) is 3.97. The lowest BCUT2D eigenvalue weighted by Crippen LogP contribution is -2.01. The summed E-state index contributed by atoms with van der Waals surface area (Å²) in [6.07, 6.45) is 1.85. The van der Waals surface area contributed by atoms with Crippen LogP contribution >= 0.6 is 75.5 Å². The van der Waals surface area contributed by atoms with Gasteiger partial charge in [0.1, 0.15) is 5.75 Å². The molecule has 0 saturated heterocycles. The van der Waals surface area contributed by atoms with E-state index in [4.69, 9.17) is 0 Å². The number of ketones is 1. The first-order valence-corrected chi connectivity index (χ1v) is 12.6. The number of allylic oxidation sites excluding steroid dienone is 1. The minimum absolute atomic E-state index is 0.0417. The van der Waals surface area contributed by atoms with Crippen LogP contribution in [0.25, 0.3) is 6.08 Å². The zero-order valence-electron chi connectivity index (χ0n) is 14.8. The van der Waals surface area contributed by atoms with Gasteiger partial charge in [-0.2, -0.15) is 0 Å². The van der Waals surface area contributed by atoms with Gasteiger partial charge in [-0.1, -0.05) is 44.0 Å². The van der Waals surface area contributed by atoms with Gasteiger partial charge in [-0.3, -0.25) is 4.79 Å². The van der Waals surface area contributed by atoms with Crippen molar-refractivity contribution in [3.8, 4) is 5.75 Å². The molecule has 0 aliphatic rings. The van der Waals surface area contributed by atoms with E-state index in [1.165, 1.54) is 11.8 Å². The molecule has 3 aromatic rings. The first-order valence-electron chi connectivity index (χ1n) is 8.40. The lowest BCUT2D eigenvalue weighted by molar-refractivity contribution is 0.104. The highest BCUT2D eigenvalue weighted by Gasteiger charge is 2.15. The standard InChI is InChI=1S/C22H14Br4O2S/c23-16-5-1-13(2-6-16)12-29-20(21(27)15-3-7-17(24)8-4-15)11-14-9-18(25)22(28)19(26)10-14/h1-11,28H,12H2. The van der Waals surface area contributed by atoms with Gasteiger partial charge in [0.15, 0.2) is 5.78 Å². The molecule has 3 aromatic carbocycles. The molecule has 0 fully saturated rings. The van der Waals surface area contributed by atoms with E-state index in [9.17, 15) is 9.90 Å². The van der Waals surface area contributed by atoms with E-state index in [1.807, 2.05) is 54.6 Å². The van der Waals surface area contributed by atoms with Crippen LogP contribution in [0.15, 0.2) is 83.5 Å². The maximum atomic E-state index is 13.2. The van der Waals surface area contributed by atoms with Crippen molar-refractivity contribution in [3.63, 3.8) is 0 Å². The number of phenols is 1. The molecule has 0 unspecified atom stereocenters. The van der Waals surface area contributed by atoms with E-state index in [0.717, 1.165) is 20.1 Å². The third-order valence-corrected chi connectivity index (χ3v) is 7.33. The van der Waals surface area contributed by atoms with E-state index in [0.29, 0.717) is 25.2 Å². The van der Waals surface area contributed by atoms with Gasteiger partial charge < -0.3 is 5.11 Å². The molecule has 0 atom stereocenters. The van der Waals surface area contributed by atoms with Crippen molar-refractivity contribution in [2.75, 3.05) is 0 Å². The van der Waals surface area contributed by atoms with E-state index in [-0.39, 0.29) is 11.5 Å².